The van der Waals surface area contributed by atoms with Crippen LogP contribution in [0.2, 0.25) is 5.02 Å². The van der Waals surface area contributed by atoms with Crippen LogP contribution in [-0.4, -0.2) is 5.78 Å². The molecule has 0 bridgehead atoms. The van der Waals surface area contributed by atoms with Gasteiger partial charge in [-0.15, -0.1) is 0 Å². The Morgan fingerprint density at radius 3 is 2.59 bits per heavy atom. The monoisotopic (exact) mass is 244 g/mol. The third kappa shape index (κ3) is 2.95. The molecule has 0 amide bonds. The van der Waals surface area contributed by atoms with E-state index in [-0.39, 0.29) is 5.78 Å². The molecular weight excluding hydrogens is 232 g/mol. The zero-order valence-electron chi connectivity index (χ0n) is 9.61. The normalized spacial score (nSPS) is 10.2. The van der Waals surface area contributed by atoms with E-state index in [0.29, 0.717) is 11.4 Å². The van der Waals surface area contributed by atoms with Crippen molar-refractivity contribution in [3.05, 3.63) is 70.2 Å². The summed E-state index contributed by atoms with van der Waals surface area (Å²) in [5, 5.41) is 0.647. The number of Topliss-reactive ketones (excluding diaryl/α,β-unsaturated/α-hetero) is 1. The summed E-state index contributed by atoms with van der Waals surface area (Å²) in [6.07, 6.45) is 0.350. The second-order valence-electron chi connectivity index (χ2n) is 4.06. The van der Waals surface area contributed by atoms with Crippen LogP contribution >= 0.6 is 11.6 Å². The lowest BCUT2D eigenvalue weighted by Crippen LogP contribution is -2.04. The van der Waals surface area contributed by atoms with Crippen molar-refractivity contribution in [3.63, 3.8) is 0 Å². The Kier molecular flexibility index (Phi) is 3.60. The summed E-state index contributed by atoms with van der Waals surface area (Å²) >= 11 is 6.03. The largest absolute Gasteiger partial charge is 0.294 e. The van der Waals surface area contributed by atoms with Crippen molar-refractivity contribution in [1.82, 2.24) is 0 Å². The first kappa shape index (κ1) is 11.9. The summed E-state index contributed by atoms with van der Waals surface area (Å²) in [7, 11) is 0. The van der Waals surface area contributed by atoms with Crippen LogP contribution in [0.3, 0.4) is 0 Å². The Balaban J connectivity index is 2.20. The van der Waals surface area contributed by atoms with Gasteiger partial charge in [-0.1, -0.05) is 53.6 Å². The molecule has 0 spiro atoms. The van der Waals surface area contributed by atoms with Gasteiger partial charge in [-0.2, -0.15) is 0 Å². The predicted octanol–water partition coefficient (Wildman–Crippen LogP) is 4.07. The summed E-state index contributed by atoms with van der Waals surface area (Å²) in [4.78, 5) is 12.1. The van der Waals surface area contributed by atoms with Crippen LogP contribution in [-0.2, 0) is 6.42 Å². The maximum absolute atomic E-state index is 12.1. The van der Waals surface area contributed by atoms with Crippen LogP contribution in [0.1, 0.15) is 21.5 Å². The molecule has 0 aliphatic carbocycles. The van der Waals surface area contributed by atoms with Gasteiger partial charge >= 0.3 is 0 Å². The molecule has 2 aromatic carbocycles. The van der Waals surface area contributed by atoms with Crippen LogP contribution < -0.4 is 0 Å². The highest BCUT2D eigenvalue weighted by Crippen LogP contribution is 2.17. The number of rotatable bonds is 3. The van der Waals surface area contributed by atoms with E-state index < -0.39 is 0 Å². The first-order chi connectivity index (χ1) is 8.16. The van der Waals surface area contributed by atoms with Crippen molar-refractivity contribution in [3.8, 4) is 0 Å². The van der Waals surface area contributed by atoms with E-state index in [0.717, 1.165) is 16.7 Å². The Bertz CT molecular complexity index is 546. The van der Waals surface area contributed by atoms with E-state index in [1.165, 1.54) is 0 Å². The van der Waals surface area contributed by atoms with E-state index in [2.05, 4.69) is 0 Å². The molecule has 0 radical (unpaired) electrons. The average Bonchev–Trinajstić information content (AvgIpc) is 2.32. The van der Waals surface area contributed by atoms with E-state index >= 15 is 0 Å². The van der Waals surface area contributed by atoms with Crippen molar-refractivity contribution < 1.29 is 4.79 Å². The molecule has 86 valence electrons. The van der Waals surface area contributed by atoms with Gasteiger partial charge in [0.1, 0.15) is 0 Å². The van der Waals surface area contributed by atoms with Crippen LogP contribution in [0.15, 0.2) is 48.5 Å². The minimum absolute atomic E-state index is 0.0989. The molecule has 0 saturated carbocycles. The van der Waals surface area contributed by atoms with Gasteiger partial charge in [-0.25, -0.2) is 0 Å². The molecule has 0 unspecified atom stereocenters. The number of benzene rings is 2. The quantitative estimate of drug-likeness (QED) is 0.744. The van der Waals surface area contributed by atoms with E-state index in [4.69, 9.17) is 11.6 Å². The topological polar surface area (TPSA) is 17.1 Å². The highest BCUT2D eigenvalue weighted by Gasteiger charge is 2.09. The fourth-order valence-corrected chi connectivity index (χ4v) is 1.94. The smallest absolute Gasteiger partial charge is 0.167 e. The molecule has 0 saturated heterocycles. The Morgan fingerprint density at radius 2 is 1.88 bits per heavy atom. The van der Waals surface area contributed by atoms with Crippen LogP contribution in [0.25, 0.3) is 0 Å². The summed E-state index contributed by atoms with van der Waals surface area (Å²) in [6, 6.07) is 15.1. The highest BCUT2D eigenvalue weighted by atomic mass is 35.5. The first-order valence-corrected chi connectivity index (χ1v) is 5.88. The van der Waals surface area contributed by atoms with E-state index in [9.17, 15) is 4.79 Å². The second-order valence-corrected chi connectivity index (χ2v) is 4.47. The molecule has 0 heterocycles. The lowest BCUT2D eigenvalue weighted by molar-refractivity contribution is 0.0993. The number of hydrogen-bond donors (Lipinski definition) is 0. The number of aryl methyl sites for hydroxylation is 1. The summed E-state index contributed by atoms with van der Waals surface area (Å²) in [5.74, 6) is 0.0989. The number of carbonyl (C=O) groups is 1. The number of hydrogen-bond acceptors (Lipinski definition) is 1. The van der Waals surface area contributed by atoms with Gasteiger partial charge in [0.25, 0.3) is 0 Å². The van der Waals surface area contributed by atoms with Crippen molar-refractivity contribution >= 4 is 17.4 Å². The third-order valence-electron chi connectivity index (χ3n) is 2.65. The van der Waals surface area contributed by atoms with Gasteiger partial charge in [-0.3, -0.25) is 4.79 Å². The van der Waals surface area contributed by atoms with Gasteiger partial charge < -0.3 is 0 Å². The molecule has 1 nitrogen and oxygen atoms in total. The molecule has 0 aliphatic rings. The molecule has 17 heavy (non-hydrogen) atoms. The van der Waals surface area contributed by atoms with Crippen LogP contribution in [0.4, 0.5) is 0 Å². The third-order valence-corrected chi connectivity index (χ3v) is 3.02. The average molecular weight is 245 g/mol. The standard InChI is InChI=1S/C15H13ClO/c1-11-5-4-7-13(9-11)15(17)10-12-6-2-3-8-14(12)16/h2-9H,10H2,1H3. The Hall–Kier alpha value is -1.60. The predicted molar refractivity (Wildman–Crippen MR) is 70.7 cm³/mol. The highest BCUT2D eigenvalue weighted by molar-refractivity contribution is 6.31. The fourth-order valence-electron chi connectivity index (χ4n) is 1.74. The minimum Gasteiger partial charge on any atom is -0.294 e. The van der Waals surface area contributed by atoms with Crippen molar-refractivity contribution in [2.75, 3.05) is 0 Å². The van der Waals surface area contributed by atoms with Crippen LogP contribution in [0.5, 0.6) is 0 Å². The molecular formula is C15H13ClO. The van der Waals surface area contributed by atoms with Gasteiger partial charge in [-0.05, 0) is 24.6 Å². The van der Waals surface area contributed by atoms with Crippen molar-refractivity contribution in [1.29, 1.82) is 0 Å². The molecule has 2 heteroatoms. The van der Waals surface area contributed by atoms with Gasteiger partial charge in [0.05, 0.1) is 0 Å². The van der Waals surface area contributed by atoms with Gasteiger partial charge in [0.2, 0.25) is 0 Å². The van der Waals surface area contributed by atoms with Crippen molar-refractivity contribution in [2.24, 2.45) is 0 Å². The number of halogens is 1. The van der Waals surface area contributed by atoms with E-state index in [1.807, 2.05) is 49.4 Å². The Labute approximate surface area is 106 Å². The molecule has 0 aliphatic heterocycles. The molecule has 2 aromatic rings. The zero-order chi connectivity index (χ0) is 12.3. The zero-order valence-corrected chi connectivity index (χ0v) is 10.4. The molecule has 0 N–H and O–H groups in total. The Morgan fingerprint density at radius 1 is 1.12 bits per heavy atom. The number of ketones is 1. The molecule has 0 atom stereocenters. The lowest BCUT2D eigenvalue weighted by atomic mass is 10.0. The summed E-state index contributed by atoms with van der Waals surface area (Å²) < 4.78 is 0. The SMILES string of the molecule is Cc1cccc(C(=O)Cc2ccccc2Cl)c1. The maximum atomic E-state index is 12.1. The summed E-state index contributed by atoms with van der Waals surface area (Å²) in [5.41, 5.74) is 2.71. The fraction of sp³-hybridized carbons (Fsp3) is 0.133. The van der Waals surface area contributed by atoms with E-state index in [1.54, 1.807) is 6.07 Å². The molecule has 0 aromatic heterocycles. The molecule has 0 fully saturated rings. The first-order valence-electron chi connectivity index (χ1n) is 5.50. The lowest BCUT2D eigenvalue weighted by Gasteiger charge is -2.04. The number of carbonyl (C=O) groups excluding carboxylic acids is 1. The van der Waals surface area contributed by atoms with Gasteiger partial charge in [0.15, 0.2) is 5.78 Å². The van der Waals surface area contributed by atoms with Crippen molar-refractivity contribution in [2.45, 2.75) is 13.3 Å². The summed E-state index contributed by atoms with van der Waals surface area (Å²) in [6.45, 7) is 1.98. The minimum atomic E-state index is 0.0989. The van der Waals surface area contributed by atoms with Gasteiger partial charge in [0, 0.05) is 17.0 Å². The van der Waals surface area contributed by atoms with Crippen LogP contribution in [0, 0.1) is 6.92 Å². The second kappa shape index (κ2) is 5.15. The maximum Gasteiger partial charge on any atom is 0.167 e. The molecule has 2 rings (SSSR count).